The predicted octanol–water partition coefficient (Wildman–Crippen LogP) is -0.198. The van der Waals surface area contributed by atoms with Gasteiger partial charge in [0.1, 0.15) is 19.3 Å². The number of esters is 1. The molecule has 2 unspecified atom stereocenters. The molecule has 0 bridgehead atoms. The van der Waals surface area contributed by atoms with E-state index < -0.39 is 26.5 Å². The van der Waals surface area contributed by atoms with E-state index in [2.05, 4.69) is 9.05 Å². The topological polar surface area (TPSA) is 122 Å². The second kappa shape index (κ2) is 15.4. The maximum atomic E-state index is 11.2. The lowest BCUT2D eigenvalue weighted by molar-refractivity contribution is -0.627. The molecule has 134 valence electrons. The zero-order valence-corrected chi connectivity index (χ0v) is 14.8. The Hall–Kier alpha value is -0.500. The molecular formula is C13H30NO7P. The van der Waals surface area contributed by atoms with E-state index in [-0.39, 0.29) is 19.6 Å². The number of hydrogen-bond acceptors (Lipinski definition) is 7. The number of carbonyl (C=O) groups is 1. The van der Waals surface area contributed by atoms with Crippen molar-refractivity contribution in [1.29, 1.82) is 0 Å². The van der Waals surface area contributed by atoms with Crippen LogP contribution in [0.3, 0.4) is 0 Å². The molecule has 0 saturated heterocycles. The molecule has 0 aromatic carbocycles. The highest BCUT2D eigenvalue weighted by atomic mass is 31.2. The quantitative estimate of drug-likeness (QED) is 0.286. The van der Waals surface area contributed by atoms with Crippen LogP contribution < -0.4 is 10.2 Å². The fourth-order valence-electron chi connectivity index (χ4n) is 1.13. The number of likely N-dealkylation sites (N-methyl/N-ethyl adjacent to an activating group) is 1. The van der Waals surface area contributed by atoms with E-state index in [4.69, 9.17) is 4.74 Å². The van der Waals surface area contributed by atoms with Crippen LogP contribution in [-0.2, 0) is 23.1 Å². The standard InChI is InChI=1S/C11H24NO7P.C2H6/c1-3-4-5-11(14)17-8-10(13)9-19-20(15,16)18-7-6-12-2;1-2/h10,12-13H,3-9H2,1-2H3,(H,15,16);1-2H3. The highest BCUT2D eigenvalue weighted by molar-refractivity contribution is 7.45. The average Bonchev–Trinajstić information content (AvgIpc) is 2.51. The van der Waals surface area contributed by atoms with Gasteiger partial charge in [-0.05, 0) is 6.42 Å². The number of phosphoric ester groups is 1. The molecule has 22 heavy (non-hydrogen) atoms. The summed E-state index contributed by atoms with van der Waals surface area (Å²) in [5.41, 5.74) is 0. The number of ether oxygens (including phenoxy) is 1. The van der Waals surface area contributed by atoms with Gasteiger partial charge in [0.05, 0.1) is 20.2 Å². The van der Waals surface area contributed by atoms with Crippen molar-refractivity contribution in [2.45, 2.75) is 46.1 Å². The van der Waals surface area contributed by atoms with Gasteiger partial charge in [-0.15, -0.1) is 0 Å². The summed E-state index contributed by atoms with van der Waals surface area (Å²) in [7, 11) is -2.64. The molecule has 3 N–H and O–H groups in total. The smallest absolute Gasteiger partial charge is 0.305 e. The first-order valence-electron chi connectivity index (χ1n) is 7.63. The van der Waals surface area contributed by atoms with Crippen LogP contribution in [-0.4, -0.2) is 50.6 Å². The van der Waals surface area contributed by atoms with E-state index in [9.17, 15) is 19.4 Å². The van der Waals surface area contributed by atoms with Gasteiger partial charge in [0.15, 0.2) is 0 Å². The Morgan fingerprint density at radius 2 is 1.95 bits per heavy atom. The van der Waals surface area contributed by atoms with Crippen molar-refractivity contribution in [3.8, 4) is 0 Å². The van der Waals surface area contributed by atoms with E-state index >= 15 is 0 Å². The SMILES string of the molecule is CC.CCCCC(=O)OCC(O)COP(=O)([O-])OCC[NH2+]C. The van der Waals surface area contributed by atoms with E-state index in [0.717, 1.165) is 6.42 Å². The van der Waals surface area contributed by atoms with Gasteiger partial charge in [0.25, 0.3) is 7.82 Å². The summed E-state index contributed by atoms with van der Waals surface area (Å²) in [6.07, 6.45) is 0.654. The number of rotatable bonds is 12. The summed E-state index contributed by atoms with van der Waals surface area (Å²) in [5, 5.41) is 11.2. The Labute approximate surface area is 132 Å². The van der Waals surface area contributed by atoms with E-state index in [1.165, 1.54) is 0 Å². The molecule has 0 radical (unpaired) electrons. The number of carbonyl (C=O) groups excluding carboxylic acids is 1. The van der Waals surface area contributed by atoms with Gasteiger partial charge in [-0.3, -0.25) is 9.36 Å². The lowest BCUT2D eigenvalue weighted by Gasteiger charge is -2.23. The third-order valence-corrected chi connectivity index (χ3v) is 3.22. The zero-order valence-electron chi connectivity index (χ0n) is 13.9. The van der Waals surface area contributed by atoms with Crippen LogP contribution in [0.1, 0.15) is 40.0 Å². The minimum Gasteiger partial charge on any atom is -0.756 e. The Morgan fingerprint density at radius 1 is 1.32 bits per heavy atom. The Morgan fingerprint density at radius 3 is 2.50 bits per heavy atom. The van der Waals surface area contributed by atoms with Crippen molar-refractivity contribution in [2.24, 2.45) is 0 Å². The number of hydrogen-bond donors (Lipinski definition) is 2. The lowest BCUT2D eigenvalue weighted by Crippen LogP contribution is -2.80. The molecular weight excluding hydrogens is 313 g/mol. The predicted molar refractivity (Wildman–Crippen MR) is 80.1 cm³/mol. The van der Waals surface area contributed by atoms with Crippen LogP contribution in [0.25, 0.3) is 0 Å². The molecule has 0 saturated carbocycles. The largest absolute Gasteiger partial charge is 0.756 e. The van der Waals surface area contributed by atoms with E-state index in [1.807, 2.05) is 20.8 Å². The number of phosphoric acid groups is 1. The van der Waals surface area contributed by atoms with Crippen molar-refractivity contribution < 1.29 is 38.5 Å². The van der Waals surface area contributed by atoms with Crippen molar-refractivity contribution >= 4 is 13.8 Å². The molecule has 0 aromatic heterocycles. The van der Waals surface area contributed by atoms with Crippen molar-refractivity contribution in [2.75, 3.05) is 33.4 Å². The zero-order chi connectivity index (χ0) is 17.4. The van der Waals surface area contributed by atoms with E-state index in [0.29, 0.717) is 13.0 Å². The highest BCUT2D eigenvalue weighted by Crippen LogP contribution is 2.37. The second-order valence-electron chi connectivity index (χ2n) is 4.21. The van der Waals surface area contributed by atoms with Crippen LogP contribution in [0.5, 0.6) is 0 Å². The van der Waals surface area contributed by atoms with Crippen molar-refractivity contribution in [1.82, 2.24) is 0 Å². The molecule has 0 amide bonds. The van der Waals surface area contributed by atoms with Crippen LogP contribution in [0.15, 0.2) is 0 Å². The van der Waals surface area contributed by atoms with Gasteiger partial charge in [0.2, 0.25) is 0 Å². The minimum atomic E-state index is -4.41. The number of unbranched alkanes of at least 4 members (excludes halogenated alkanes) is 1. The molecule has 0 aliphatic heterocycles. The van der Waals surface area contributed by atoms with Gasteiger partial charge in [0, 0.05) is 6.42 Å². The first-order valence-corrected chi connectivity index (χ1v) is 9.09. The molecule has 0 heterocycles. The highest BCUT2D eigenvalue weighted by Gasteiger charge is 2.14. The lowest BCUT2D eigenvalue weighted by atomic mass is 10.2. The van der Waals surface area contributed by atoms with Gasteiger partial charge < -0.3 is 29.1 Å². The van der Waals surface area contributed by atoms with Crippen LogP contribution in [0, 0.1) is 0 Å². The molecule has 0 fully saturated rings. The number of aliphatic hydroxyl groups excluding tert-OH is 1. The average molecular weight is 343 g/mol. The molecule has 0 rings (SSSR count). The van der Waals surface area contributed by atoms with Crippen molar-refractivity contribution in [3.63, 3.8) is 0 Å². The molecule has 8 nitrogen and oxygen atoms in total. The first-order chi connectivity index (χ1) is 10.4. The molecule has 0 aliphatic carbocycles. The van der Waals surface area contributed by atoms with Gasteiger partial charge in [-0.2, -0.15) is 0 Å². The summed E-state index contributed by atoms with van der Waals surface area (Å²) in [6, 6.07) is 0. The fourth-order valence-corrected chi connectivity index (χ4v) is 1.89. The Kier molecular flexibility index (Phi) is 16.6. The normalized spacial score (nSPS) is 14.5. The second-order valence-corrected chi connectivity index (χ2v) is 5.62. The molecule has 0 aromatic rings. The minimum absolute atomic E-state index is 0.000618. The van der Waals surface area contributed by atoms with Crippen LogP contribution in [0.2, 0.25) is 0 Å². The molecule has 9 heteroatoms. The summed E-state index contributed by atoms with van der Waals surface area (Å²) in [6.45, 7) is 5.62. The maximum absolute atomic E-state index is 11.2. The molecule has 0 spiro atoms. The Bertz CT molecular complexity index is 315. The number of quaternary nitrogens is 1. The van der Waals surface area contributed by atoms with Crippen LogP contribution in [0.4, 0.5) is 0 Å². The van der Waals surface area contributed by atoms with Crippen molar-refractivity contribution in [3.05, 3.63) is 0 Å². The summed E-state index contributed by atoms with van der Waals surface area (Å²) < 4.78 is 25.0. The Balaban J connectivity index is 0. The summed E-state index contributed by atoms with van der Waals surface area (Å²) in [4.78, 5) is 22.4. The maximum Gasteiger partial charge on any atom is 0.305 e. The number of aliphatic hydroxyl groups is 1. The molecule has 0 aliphatic rings. The third-order valence-electron chi connectivity index (χ3n) is 2.25. The molecule has 2 atom stereocenters. The monoisotopic (exact) mass is 343 g/mol. The van der Waals surface area contributed by atoms with Gasteiger partial charge in [-0.25, -0.2) is 0 Å². The third kappa shape index (κ3) is 15.9. The summed E-state index contributed by atoms with van der Waals surface area (Å²) in [5.74, 6) is -0.425. The fraction of sp³-hybridized carbons (Fsp3) is 0.923. The first kappa shape index (κ1) is 23.8. The van der Waals surface area contributed by atoms with Gasteiger partial charge >= 0.3 is 5.97 Å². The van der Waals surface area contributed by atoms with Gasteiger partial charge in [-0.1, -0.05) is 27.2 Å². The van der Waals surface area contributed by atoms with Crippen LogP contribution >= 0.6 is 7.82 Å². The van der Waals surface area contributed by atoms with E-state index in [1.54, 1.807) is 12.4 Å². The summed E-state index contributed by atoms with van der Waals surface area (Å²) >= 11 is 0. The number of nitrogens with two attached hydrogens (primary N) is 1.